The normalized spacial score (nSPS) is 19.4. The Hall–Kier alpha value is -3.08. The van der Waals surface area contributed by atoms with Gasteiger partial charge in [0.1, 0.15) is 6.04 Å². The zero-order valence-electron chi connectivity index (χ0n) is 20.1. The van der Waals surface area contributed by atoms with E-state index < -0.39 is 6.04 Å². The fourth-order valence-corrected chi connectivity index (χ4v) is 5.14. The molecule has 2 aliphatic heterocycles. The highest BCUT2D eigenvalue weighted by molar-refractivity contribution is 6.02. The van der Waals surface area contributed by atoms with Gasteiger partial charge in [0, 0.05) is 36.6 Å². The van der Waals surface area contributed by atoms with Gasteiger partial charge in [-0.15, -0.1) is 0 Å². The van der Waals surface area contributed by atoms with Gasteiger partial charge in [-0.05, 0) is 80.0 Å². The van der Waals surface area contributed by atoms with Gasteiger partial charge in [0.2, 0.25) is 11.8 Å². The molecule has 0 spiro atoms. The van der Waals surface area contributed by atoms with Crippen LogP contribution in [0.4, 0.5) is 11.4 Å². The molecule has 2 aromatic carbocycles. The molecular weight excluding hydrogens is 410 g/mol. The maximum absolute atomic E-state index is 12.5. The first-order valence-corrected chi connectivity index (χ1v) is 12.1. The van der Waals surface area contributed by atoms with Crippen LogP contribution in [0.2, 0.25) is 0 Å². The number of anilines is 2. The fraction of sp³-hybridized carbons (Fsp3) is 0.429. The quantitative estimate of drug-likeness (QED) is 0.602. The van der Waals surface area contributed by atoms with E-state index in [1.165, 1.54) is 30.5 Å². The van der Waals surface area contributed by atoms with Crippen molar-refractivity contribution < 1.29 is 9.59 Å². The number of amides is 2. The summed E-state index contributed by atoms with van der Waals surface area (Å²) < 4.78 is 0. The molecule has 1 unspecified atom stereocenters. The van der Waals surface area contributed by atoms with Crippen molar-refractivity contribution in [2.24, 2.45) is 5.92 Å². The number of benzene rings is 2. The fourth-order valence-electron chi connectivity index (χ4n) is 5.14. The Kier molecular flexibility index (Phi) is 6.87. The number of piperidine rings is 2. The molecule has 1 N–H and O–H groups in total. The molecule has 0 radical (unpaired) electrons. The lowest BCUT2D eigenvalue weighted by Gasteiger charge is -2.36. The lowest BCUT2D eigenvalue weighted by Crippen LogP contribution is -2.52. The van der Waals surface area contributed by atoms with Crippen molar-refractivity contribution in [2.45, 2.75) is 58.9 Å². The summed E-state index contributed by atoms with van der Waals surface area (Å²) in [5.74, 6) is 0.417. The monoisotopic (exact) mass is 445 g/mol. The molecule has 5 nitrogen and oxygen atoms in total. The number of nitrogens with one attached hydrogen (secondary N) is 1. The highest BCUT2D eigenvalue weighted by atomic mass is 16.2. The Morgan fingerprint density at radius 2 is 1.73 bits per heavy atom. The predicted molar refractivity (Wildman–Crippen MR) is 135 cm³/mol. The van der Waals surface area contributed by atoms with E-state index in [2.05, 4.69) is 73.1 Å². The van der Waals surface area contributed by atoms with Gasteiger partial charge in [0.25, 0.3) is 0 Å². The Labute approximate surface area is 197 Å². The van der Waals surface area contributed by atoms with E-state index in [1.807, 2.05) is 11.8 Å². The van der Waals surface area contributed by atoms with Crippen molar-refractivity contribution in [2.75, 3.05) is 22.9 Å². The minimum atomic E-state index is -0.416. The molecule has 0 aromatic heterocycles. The van der Waals surface area contributed by atoms with Crippen molar-refractivity contribution in [1.29, 1.82) is 0 Å². The molecule has 174 valence electrons. The van der Waals surface area contributed by atoms with Crippen LogP contribution in [0.5, 0.6) is 0 Å². The Bertz CT molecular complexity index is 1040. The van der Waals surface area contributed by atoms with Gasteiger partial charge in [-0.25, -0.2) is 0 Å². The van der Waals surface area contributed by atoms with E-state index in [0.29, 0.717) is 12.8 Å². The third-order valence-electron chi connectivity index (χ3n) is 7.15. The summed E-state index contributed by atoms with van der Waals surface area (Å²) >= 11 is 0. The molecule has 0 aliphatic carbocycles. The van der Waals surface area contributed by atoms with Crippen LogP contribution in [0.3, 0.4) is 0 Å². The van der Waals surface area contributed by atoms with Gasteiger partial charge in [0.05, 0.1) is 0 Å². The van der Waals surface area contributed by atoms with Gasteiger partial charge in [-0.3, -0.25) is 14.9 Å². The third kappa shape index (κ3) is 4.97. The topological polar surface area (TPSA) is 52.6 Å². The van der Waals surface area contributed by atoms with E-state index in [-0.39, 0.29) is 11.8 Å². The maximum Gasteiger partial charge on any atom is 0.249 e. The Morgan fingerprint density at radius 1 is 1.06 bits per heavy atom. The van der Waals surface area contributed by atoms with Crippen LogP contribution in [-0.4, -0.2) is 30.9 Å². The molecule has 2 fully saturated rings. The molecular formula is C28H35N3O2. The highest BCUT2D eigenvalue weighted by Crippen LogP contribution is 2.33. The third-order valence-corrected chi connectivity index (χ3v) is 7.15. The number of carbonyl (C=O) groups is 2. The molecule has 2 aromatic rings. The van der Waals surface area contributed by atoms with Gasteiger partial charge in [0.15, 0.2) is 0 Å². The smallest absolute Gasteiger partial charge is 0.249 e. The van der Waals surface area contributed by atoms with Crippen LogP contribution in [0.15, 0.2) is 54.7 Å². The zero-order valence-corrected chi connectivity index (χ0v) is 20.1. The molecule has 2 saturated heterocycles. The maximum atomic E-state index is 12.5. The van der Waals surface area contributed by atoms with E-state index in [4.69, 9.17) is 0 Å². The average Bonchev–Trinajstić information content (AvgIpc) is 2.81. The van der Waals surface area contributed by atoms with Crippen molar-refractivity contribution >= 4 is 23.2 Å². The average molecular weight is 446 g/mol. The zero-order chi connectivity index (χ0) is 23.5. The summed E-state index contributed by atoms with van der Waals surface area (Å²) in [5.41, 5.74) is 6.45. The second-order valence-electron chi connectivity index (χ2n) is 9.46. The molecule has 2 amide bonds. The van der Waals surface area contributed by atoms with Gasteiger partial charge in [-0.2, -0.15) is 0 Å². The van der Waals surface area contributed by atoms with Crippen LogP contribution in [0, 0.1) is 12.8 Å². The standard InChI is InChI=1S/C28H35N3O2/c1-5-21-14-16-30(17-15-21)24-9-6-22(7-10-24)23-8-11-25(20(4)18-23)31(19(2)3)26-12-13-27(32)29-28(26)33/h6-11,18,21,26H,2,5,12-17H2,1,3-4H3,(H,29,32,33). The van der Waals surface area contributed by atoms with Gasteiger partial charge < -0.3 is 9.80 Å². The highest BCUT2D eigenvalue weighted by Gasteiger charge is 2.33. The van der Waals surface area contributed by atoms with Crippen LogP contribution < -0.4 is 15.1 Å². The van der Waals surface area contributed by atoms with E-state index >= 15 is 0 Å². The number of rotatable bonds is 6. The van der Waals surface area contributed by atoms with E-state index in [0.717, 1.165) is 41.5 Å². The second-order valence-corrected chi connectivity index (χ2v) is 9.46. The summed E-state index contributed by atoms with van der Waals surface area (Å²) in [6, 6.07) is 14.8. The second kappa shape index (κ2) is 9.82. The van der Waals surface area contributed by atoms with E-state index in [9.17, 15) is 9.59 Å². The molecule has 4 rings (SSSR count). The first-order valence-electron chi connectivity index (χ1n) is 12.1. The van der Waals surface area contributed by atoms with Gasteiger partial charge >= 0.3 is 0 Å². The number of nitrogens with zero attached hydrogens (tertiary/aromatic N) is 2. The lowest BCUT2D eigenvalue weighted by atomic mass is 9.94. The first-order chi connectivity index (χ1) is 15.9. The van der Waals surface area contributed by atoms with Crippen molar-refractivity contribution in [3.8, 4) is 11.1 Å². The SMILES string of the molecule is C=C(C)N(c1ccc(-c2ccc(N3CCC(CC)CC3)cc2)cc1C)C1CCC(=O)NC1=O. The first kappa shape index (κ1) is 23.1. The predicted octanol–water partition coefficient (Wildman–Crippen LogP) is 5.43. The minimum absolute atomic E-state index is 0.205. The Balaban J connectivity index is 1.52. The molecule has 5 heteroatoms. The summed E-state index contributed by atoms with van der Waals surface area (Å²) in [6.45, 7) is 12.6. The van der Waals surface area contributed by atoms with Crippen LogP contribution >= 0.6 is 0 Å². The van der Waals surface area contributed by atoms with E-state index in [1.54, 1.807) is 0 Å². The van der Waals surface area contributed by atoms with Crippen molar-refractivity contribution in [1.82, 2.24) is 5.32 Å². The largest absolute Gasteiger partial charge is 0.372 e. The number of aryl methyl sites for hydroxylation is 1. The number of hydrogen-bond donors (Lipinski definition) is 1. The lowest BCUT2D eigenvalue weighted by molar-refractivity contribution is -0.134. The summed E-state index contributed by atoms with van der Waals surface area (Å²) in [7, 11) is 0. The van der Waals surface area contributed by atoms with Gasteiger partial charge in [-0.1, -0.05) is 38.1 Å². The number of allylic oxidation sites excluding steroid dienone is 1. The molecule has 2 heterocycles. The number of carbonyl (C=O) groups excluding carboxylic acids is 2. The van der Waals surface area contributed by atoms with Crippen molar-refractivity contribution in [3.63, 3.8) is 0 Å². The number of hydrogen-bond acceptors (Lipinski definition) is 4. The molecule has 0 bridgehead atoms. The molecule has 33 heavy (non-hydrogen) atoms. The van der Waals surface area contributed by atoms with Crippen molar-refractivity contribution in [3.05, 3.63) is 60.3 Å². The number of imide groups is 1. The Morgan fingerprint density at radius 3 is 2.30 bits per heavy atom. The summed E-state index contributed by atoms with van der Waals surface area (Å²) in [4.78, 5) is 28.6. The van der Waals surface area contributed by atoms with Crippen LogP contribution in [0.25, 0.3) is 11.1 Å². The summed E-state index contributed by atoms with van der Waals surface area (Å²) in [6.07, 6.45) is 4.69. The minimum Gasteiger partial charge on any atom is -0.372 e. The summed E-state index contributed by atoms with van der Waals surface area (Å²) in [5, 5.41) is 2.46. The van der Waals surface area contributed by atoms with Crippen LogP contribution in [-0.2, 0) is 9.59 Å². The molecule has 1 atom stereocenters. The molecule has 2 aliphatic rings. The van der Waals surface area contributed by atoms with Crippen LogP contribution in [0.1, 0.15) is 51.5 Å². The molecule has 0 saturated carbocycles.